The van der Waals surface area contributed by atoms with Crippen molar-refractivity contribution in [1.29, 1.82) is 0 Å². The highest BCUT2D eigenvalue weighted by atomic mass is 16.3. The van der Waals surface area contributed by atoms with Gasteiger partial charge in [0.2, 0.25) is 11.8 Å². The van der Waals surface area contributed by atoms with E-state index in [1.165, 1.54) is 0 Å². The molecule has 2 aromatic heterocycles. The van der Waals surface area contributed by atoms with E-state index >= 15 is 0 Å². The number of fused-ring (bicyclic) bond motifs is 1. The SMILES string of the molecule is CC(C)CC(=O)Nc1ccc(-c2nc3ncccc3o2)cc1. The number of hydrogen-bond donors (Lipinski definition) is 1. The molecule has 0 aliphatic heterocycles. The maximum Gasteiger partial charge on any atom is 0.228 e. The van der Waals surface area contributed by atoms with Gasteiger partial charge in [0.1, 0.15) is 0 Å². The summed E-state index contributed by atoms with van der Waals surface area (Å²) >= 11 is 0. The molecular weight excluding hydrogens is 278 g/mol. The first-order chi connectivity index (χ1) is 10.6. The number of amides is 1. The Bertz CT molecular complexity index is 758. The van der Waals surface area contributed by atoms with Gasteiger partial charge in [0, 0.05) is 23.9 Å². The largest absolute Gasteiger partial charge is 0.434 e. The van der Waals surface area contributed by atoms with Crippen LogP contribution in [0.2, 0.25) is 0 Å². The first kappa shape index (κ1) is 14.3. The number of pyridine rings is 1. The maximum absolute atomic E-state index is 11.7. The van der Waals surface area contributed by atoms with Crippen molar-refractivity contribution < 1.29 is 9.21 Å². The molecule has 1 aromatic carbocycles. The van der Waals surface area contributed by atoms with E-state index in [9.17, 15) is 4.79 Å². The first-order valence-electron chi connectivity index (χ1n) is 7.23. The number of nitrogens with zero attached hydrogens (tertiary/aromatic N) is 2. The van der Waals surface area contributed by atoms with Crippen molar-refractivity contribution in [3.05, 3.63) is 42.6 Å². The summed E-state index contributed by atoms with van der Waals surface area (Å²) < 4.78 is 5.67. The van der Waals surface area contributed by atoms with Crippen LogP contribution in [-0.2, 0) is 4.79 Å². The maximum atomic E-state index is 11.7. The number of aromatic nitrogens is 2. The van der Waals surface area contributed by atoms with Crippen LogP contribution in [0.4, 0.5) is 5.69 Å². The molecule has 0 saturated heterocycles. The zero-order chi connectivity index (χ0) is 15.5. The van der Waals surface area contributed by atoms with Gasteiger partial charge in [-0.05, 0) is 42.3 Å². The van der Waals surface area contributed by atoms with Crippen molar-refractivity contribution in [2.75, 3.05) is 5.32 Å². The molecule has 0 bridgehead atoms. The minimum atomic E-state index is 0.0220. The van der Waals surface area contributed by atoms with Crippen molar-refractivity contribution in [2.24, 2.45) is 5.92 Å². The molecule has 2 heterocycles. The van der Waals surface area contributed by atoms with Crippen LogP contribution in [0.15, 0.2) is 47.0 Å². The Labute approximate surface area is 128 Å². The van der Waals surface area contributed by atoms with Crippen LogP contribution in [0.3, 0.4) is 0 Å². The average molecular weight is 295 g/mol. The van der Waals surface area contributed by atoms with Crippen molar-refractivity contribution >= 4 is 22.8 Å². The summed E-state index contributed by atoms with van der Waals surface area (Å²) in [5.74, 6) is 0.883. The van der Waals surface area contributed by atoms with Crippen molar-refractivity contribution in [3.8, 4) is 11.5 Å². The molecule has 0 unspecified atom stereocenters. The lowest BCUT2D eigenvalue weighted by molar-refractivity contribution is -0.116. The summed E-state index contributed by atoms with van der Waals surface area (Å²) in [7, 11) is 0. The lowest BCUT2D eigenvalue weighted by atomic mass is 10.1. The minimum absolute atomic E-state index is 0.0220. The van der Waals surface area contributed by atoms with E-state index in [-0.39, 0.29) is 5.91 Å². The van der Waals surface area contributed by atoms with E-state index in [1.54, 1.807) is 6.20 Å². The number of benzene rings is 1. The van der Waals surface area contributed by atoms with Gasteiger partial charge in [-0.3, -0.25) is 4.79 Å². The highest BCUT2D eigenvalue weighted by Gasteiger charge is 2.09. The van der Waals surface area contributed by atoms with Crippen LogP contribution < -0.4 is 5.32 Å². The van der Waals surface area contributed by atoms with Gasteiger partial charge in [-0.2, -0.15) is 4.98 Å². The van der Waals surface area contributed by atoms with Crippen LogP contribution >= 0.6 is 0 Å². The van der Waals surface area contributed by atoms with Gasteiger partial charge in [-0.15, -0.1) is 0 Å². The molecule has 1 amide bonds. The molecule has 112 valence electrons. The van der Waals surface area contributed by atoms with Crippen molar-refractivity contribution in [2.45, 2.75) is 20.3 Å². The third-order valence-electron chi connectivity index (χ3n) is 3.17. The summed E-state index contributed by atoms with van der Waals surface area (Å²) in [6, 6.07) is 11.1. The second-order valence-corrected chi connectivity index (χ2v) is 5.57. The van der Waals surface area contributed by atoms with E-state index in [1.807, 2.05) is 50.2 Å². The Balaban J connectivity index is 1.77. The highest BCUT2D eigenvalue weighted by Crippen LogP contribution is 2.24. The standard InChI is InChI=1S/C17H17N3O2/c1-11(2)10-15(21)19-13-7-5-12(6-8-13)17-20-16-14(22-17)4-3-9-18-16/h3-9,11H,10H2,1-2H3,(H,19,21). The van der Waals surface area contributed by atoms with Crippen LogP contribution in [-0.4, -0.2) is 15.9 Å². The Hall–Kier alpha value is -2.69. The van der Waals surface area contributed by atoms with Gasteiger partial charge in [0.05, 0.1) is 0 Å². The van der Waals surface area contributed by atoms with E-state index < -0.39 is 0 Å². The Morgan fingerprint density at radius 2 is 2.00 bits per heavy atom. The summed E-state index contributed by atoms with van der Waals surface area (Å²) in [5.41, 5.74) is 2.86. The average Bonchev–Trinajstić information content (AvgIpc) is 2.91. The Morgan fingerprint density at radius 1 is 1.23 bits per heavy atom. The van der Waals surface area contributed by atoms with E-state index in [0.717, 1.165) is 11.3 Å². The summed E-state index contributed by atoms with van der Waals surface area (Å²) in [6.45, 7) is 4.04. The lowest BCUT2D eigenvalue weighted by Gasteiger charge is -2.07. The van der Waals surface area contributed by atoms with Gasteiger partial charge in [-0.25, -0.2) is 4.98 Å². The van der Waals surface area contributed by atoms with E-state index in [4.69, 9.17) is 4.42 Å². The molecule has 0 spiro atoms. The normalized spacial score (nSPS) is 11.0. The number of nitrogens with one attached hydrogen (secondary N) is 1. The zero-order valence-electron chi connectivity index (χ0n) is 12.5. The summed E-state index contributed by atoms with van der Waals surface area (Å²) in [4.78, 5) is 20.2. The van der Waals surface area contributed by atoms with Gasteiger partial charge in [0.15, 0.2) is 11.2 Å². The van der Waals surface area contributed by atoms with Crippen LogP contribution in [0.5, 0.6) is 0 Å². The van der Waals surface area contributed by atoms with Crippen LogP contribution in [0.25, 0.3) is 22.7 Å². The molecule has 3 aromatic rings. The second kappa shape index (κ2) is 5.97. The quantitative estimate of drug-likeness (QED) is 0.793. The monoisotopic (exact) mass is 295 g/mol. The van der Waals surface area contributed by atoms with Gasteiger partial charge < -0.3 is 9.73 Å². The Morgan fingerprint density at radius 3 is 2.68 bits per heavy atom. The topological polar surface area (TPSA) is 68.0 Å². The van der Waals surface area contributed by atoms with Crippen molar-refractivity contribution in [3.63, 3.8) is 0 Å². The number of anilines is 1. The fourth-order valence-electron chi connectivity index (χ4n) is 2.17. The van der Waals surface area contributed by atoms with E-state index in [2.05, 4.69) is 15.3 Å². The van der Waals surface area contributed by atoms with Crippen LogP contribution in [0.1, 0.15) is 20.3 Å². The predicted octanol–water partition coefficient (Wildman–Crippen LogP) is 3.87. The number of carbonyl (C=O) groups excluding carboxylic acids is 1. The number of hydrogen-bond acceptors (Lipinski definition) is 4. The second-order valence-electron chi connectivity index (χ2n) is 5.57. The van der Waals surface area contributed by atoms with Crippen molar-refractivity contribution in [1.82, 2.24) is 9.97 Å². The molecule has 0 aliphatic rings. The molecular formula is C17H17N3O2. The Kier molecular flexibility index (Phi) is 3.87. The lowest BCUT2D eigenvalue weighted by Crippen LogP contribution is -2.13. The summed E-state index contributed by atoms with van der Waals surface area (Å²) in [6.07, 6.45) is 2.19. The highest BCUT2D eigenvalue weighted by molar-refractivity contribution is 5.91. The summed E-state index contributed by atoms with van der Waals surface area (Å²) in [5, 5.41) is 2.88. The fraction of sp³-hybridized carbons (Fsp3) is 0.235. The molecule has 3 rings (SSSR count). The molecule has 1 N–H and O–H groups in total. The van der Waals surface area contributed by atoms with Gasteiger partial charge in [0.25, 0.3) is 0 Å². The predicted molar refractivity (Wildman–Crippen MR) is 85.3 cm³/mol. The molecule has 0 radical (unpaired) electrons. The first-order valence-corrected chi connectivity index (χ1v) is 7.23. The number of oxazole rings is 1. The molecule has 5 nitrogen and oxygen atoms in total. The van der Waals surface area contributed by atoms with E-state index in [0.29, 0.717) is 29.5 Å². The molecule has 0 saturated carbocycles. The molecule has 0 fully saturated rings. The molecule has 0 aliphatic carbocycles. The molecule has 22 heavy (non-hydrogen) atoms. The third-order valence-corrected chi connectivity index (χ3v) is 3.17. The molecule has 0 atom stereocenters. The number of carbonyl (C=O) groups is 1. The smallest absolute Gasteiger partial charge is 0.228 e. The zero-order valence-corrected chi connectivity index (χ0v) is 12.5. The van der Waals surface area contributed by atoms with Gasteiger partial charge in [-0.1, -0.05) is 13.8 Å². The molecule has 5 heteroatoms. The third kappa shape index (κ3) is 3.14. The van der Waals surface area contributed by atoms with Gasteiger partial charge >= 0.3 is 0 Å². The van der Waals surface area contributed by atoms with Crippen LogP contribution in [0, 0.1) is 5.92 Å². The fourth-order valence-corrected chi connectivity index (χ4v) is 2.17. The number of rotatable bonds is 4. The minimum Gasteiger partial charge on any atom is -0.434 e.